The van der Waals surface area contributed by atoms with Gasteiger partial charge in [-0.3, -0.25) is 0 Å². The van der Waals surface area contributed by atoms with Crippen LogP contribution < -0.4 is 4.74 Å². The maximum absolute atomic E-state index is 5.82. The molecule has 2 aromatic heterocycles. The van der Waals surface area contributed by atoms with Gasteiger partial charge >= 0.3 is 0 Å². The van der Waals surface area contributed by atoms with Crippen LogP contribution in [0.2, 0.25) is 0 Å². The molecular weight excluding hydrogens is 340 g/mol. The van der Waals surface area contributed by atoms with Gasteiger partial charge in [0.2, 0.25) is 16.9 Å². The van der Waals surface area contributed by atoms with Gasteiger partial charge in [-0.2, -0.15) is 0 Å². The maximum atomic E-state index is 5.82. The number of benzene rings is 1. The molecule has 0 bridgehead atoms. The fraction of sp³-hybridized carbons (Fsp3) is 0.438. The Kier molecular flexibility index (Phi) is 4.76. The molecular formula is C16H20N6O2S. The van der Waals surface area contributed by atoms with Crippen LogP contribution in [0.5, 0.6) is 5.75 Å². The minimum absolute atomic E-state index is 0.0772. The van der Waals surface area contributed by atoms with Gasteiger partial charge in [-0.25, -0.2) is 4.68 Å². The van der Waals surface area contributed by atoms with Gasteiger partial charge in [0.25, 0.3) is 0 Å². The highest BCUT2D eigenvalue weighted by molar-refractivity contribution is 7.99. The number of hydrogen-bond donors (Lipinski definition) is 0. The second kappa shape index (κ2) is 6.83. The first-order valence-electron chi connectivity index (χ1n) is 7.82. The van der Waals surface area contributed by atoms with Crippen molar-refractivity contribution in [1.29, 1.82) is 0 Å². The van der Waals surface area contributed by atoms with Gasteiger partial charge in [-0.05, 0) is 62.4 Å². The molecule has 8 nitrogen and oxygen atoms in total. The highest BCUT2D eigenvalue weighted by Gasteiger charge is 2.24. The van der Waals surface area contributed by atoms with Gasteiger partial charge in [0.05, 0.1) is 17.9 Å². The lowest BCUT2D eigenvalue weighted by Crippen LogP contribution is -2.24. The van der Waals surface area contributed by atoms with Crippen LogP contribution in [-0.2, 0) is 5.54 Å². The van der Waals surface area contributed by atoms with Gasteiger partial charge in [0, 0.05) is 5.56 Å². The molecule has 1 aromatic carbocycles. The van der Waals surface area contributed by atoms with Crippen LogP contribution in [0.3, 0.4) is 0 Å². The zero-order chi connectivity index (χ0) is 18.0. The summed E-state index contributed by atoms with van der Waals surface area (Å²) in [5.74, 6) is 1.78. The molecule has 0 radical (unpaired) electrons. The van der Waals surface area contributed by atoms with Crippen molar-refractivity contribution in [3.05, 3.63) is 30.2 Å². The molecule has 3 rings (SSSR count). The van der Waals surface area contributed by atoms with Gasteiger partial charge in [0.15, 0.2) is 0 Å². The Hall–Kier alpha value is -2.42. The summed E-state index contributed by atoms with van der Waals surface area (Å²) in [6.45, 7) is 8.13. The maximum Gasteiger partial charge on any atom is 0.247 e. The van der Waals surface area contributed by atoms with Crippen molar-refractivity contribution in [2.75, 3.05) is 7.11 Å². The topological polar surface area (TPSA) is 91.8 Å². The van der Waals surface area contributed by atoms with Crippen molar-refractivity contribution in [1.82, 2.24) is 30.4 Å². The Morgan fingerprint density at radius 2 is 1.84 bits per heavy atom. The number of nitrogens with zero attached hydrogens (tertiary/aromatic N) is 6. The molecule has 0 fully saturated rings. The summed E-state index contributed by atoms with van der Waals surface area (Å²) < 4.78 is 12.8. The third-order valence-corrected chi connectivity index (χ3v) is 4.50. The van der Waals surface area contributed by atoms with Crippen LogP contribution >= 0.6 is 11.8 Å². The fourth-order valence-corrected chi connectivity index (χ4v) is 3.14. The van der Waals surface area contributed by atoms with E-state index in [2.05, 4.69) is 25.7 Å². The summed E-state index contributed by atoms with van der Waals surface area (Å²) >= 11 is 1.48. The molecule has 25 heavy (non-hydrogen) atoms. The normalized spacial score (nSPS) is 13.0. The van der Waals surface area contributed by atoms with Gasteiger partial charge in [0.1, 0.15) is 5.75 Å². The molecule has 0 aliphatic rings. The lowest BCUT2D eigenvalue weighted by atomic mass is 10.1. The zero-order valence-corrected chi connectivity index (χ0v) is 15.6. The minimum atomic E-state index is -0.200. The van der Waals surface area contributed by atoms with Crippen LogP contribution in [0, 0.1) is 0 Å². The molecule has 0 amide bonds. The van der Waals surface area contributed by atoms with Crippen molar-refractivity contribution in [3.63, 3.8) is 0 Å². The molecule has 0 aliphatic carbocycles. The first-order chi connectivity index (χ1) is 11.9. The summed E-state index contributed by atoms with van der Waals surface area (Å²) in [6, 6.07) is 7.48. The van der Waals surface area contributed by atoms with Gasteiger partial charge in [-0.1, -0.05) is 11.8 Å². The average Bonchev–Trinajstić information content (AvgIpc) is 3.23. The number of ether oxygens (including phenoxy) is 1. The lowest BCUT2D eigenvalue weighted by Gasteiger charge is -2.20. The van der Waals surface area contributed by atoms with E-state index in [0.717, 1.165) is 11.3 Å². The quantitative estimate of drug-likeness (QED) is 0.640. The molecule has 0 aliphatic heterocycles. The monoisotopic (exact) mass is 360 g/mol. The zero-order valence-electron chi connectivity index (χ0n) is 14.8. The predicted octanol–water partition coefficient (Wildman–Crippen LogP) is 3.34. The van der Waals surface area contributed by atoms with Crippen LogP contribution in [-0.4, -0.2) is 37.5 Å². The summed E-state index contributed by atoms with van der Waals surface area (Å²) in [6.07, 6.45) is 0. The van der Waals surface area contributed by atoms with Crippen molar-refractivity contribution in [2.45, 2.75) is 43.6 Å². The molecule has 2 heterocycles. The van der Waals surface area contributed by atoms with E-state index in [1.54, 1.807) is 11.8 Å². The highest BCUT2D eigenvalue weighted by Crippen LogP contribution is 2.35. The van der Waals surface area contributed by atoms with Crippen molar-refractivity contribution >= 4 is 11.8 Å². The fourth-order valence-electron chi connectivity index (χ4n) is 2.13. The molecule has 0 saturated carbocycles. The van der Waals surface area contributed by atoms with Crippen LogP contribution in [0.15, 0.2) is 33.8 Å². The van der Waals surface area contributed by atoms with Gasteiger partial charge in [-0.15, -0.1) is 15.3 Å². The summed E-state index contributed by atoms with van der Waals surface area (Å²) in [5, 5.41) is 20.9. The van der Waals surface area contributed by atoms with Crippen molar-refractivity contribution < 1.29 is 9.15 Å². The highest BCUT2D eigenvalue weighted by atomic mass is 32.2. The number of thioether (sulfide) groups is 1. The average molecular weight is 360 g/mol. The summed E-state index contributed by atoms with van der Waals surface area (Å²) in [5.41, 5.74) is 0.644. The Balaban J connectivity index is 1.77. The number of methoxy groups -OCH3 is 1. The van der Waals surface area contributed by atoms with Crippen molar-refractivity contribution in [3.8, 4) is 17.2 Å². The summed E-state index contributed by atoms with van der Waals surface area (Å²) in [7, 11) is 1.63. The summed E-state index contributed by atoms with van der Waals surface area (Å²) in [4.78, 5) is 0. The Morgan fingerprint density at radius 1 is 1.12 bits per heavy atom. The molecule has 0 N–H and O–H groups in total. The second-order valence-corrected chi connectivity index (χ2v) is 7.79. The molecule has 3 aromatic rings. The Labute approximate surface area is 150 Å². The van der Waals surface area contributed by atoms with Crippen molar-refractivity contribution in [2.24, 2.45) is 0 Å². The van der Waals surface area contributed by atoms with E-state index < -0.39 is 0 Å². The third kappa shape index (κ3) is 3.81. The first kappa shape index (κ1) is 17.4. The number of aromatic nitrogens is 6. The van der Waals surface area contributed by atoms with Crippen LogP contribution in [0.25, 0.3) is 11.5 Å². The van der Waals surface area contributed by atoms with E-state index >= 15 is 0 Å². The Morgan fingerprint density at radius 3 is 2.48 bits per heavy atom. The second-order valence-electron chi connectivity index (χ2n) is 6.48. The van der Waals surface area contributed by atoms with E-state index in [-0.39, 0.29) is 10.8 Å². The Bertz CT molecular complexity index is 837. The SMILES string of the molecule is COc1ccc(-c2nnc([C@@H](C)Sc3nnnn3C(C)(C)C)o2)cc1. The molecule has 132 valence electrons. The van der Waals surface area contributed by atoms with Gasteiger partial charge < -0.3 is 9.15 Å². The lowest BCUT2D eigenvalue weighted by molar-refractivity contribution is 0.320. The van der Waals surface area contributed by atoms with Crippen LogP contribution in [0.4, 0.5) is 0 Å². The standard InChI is InChI=1S/C16H20N6O2S/c1-10(25-15-19-20-21-22(15)16(2,3)4)13-17-18-14(24-13)11-6-8-12(23-5)9-7-11/h6-10H,1-5H3/t10-/m1/s1. The van der Waals surface area contributed by atoms with E-state index in [1.807, 2.05) is 52.0 Å². The smallest absolute Gasteiger partial charge is 0.247 e. The first-order valence-corrected chi connectivity index (χ1v) is 8.70. The van der Waals surface area contributed by atoms with E-state index in [9.17, 15) is 0 Å². The number of tetrazole rings is 1. The number of rotatable bonds is 5. The number of hydrogen-bond acceptors (Lipinski definition) is 8. The third-order valence-electron chi connectivity index (χ3n) is 3.48. The molecule has 0 spiro atoms. The minimum Gasteiger partial charge on any atom is -0.497 e. The van der Waals surface area contributed by atoms with E-state index in [4.69, 9.17) is 9.15 Å². The molecule has 0 saturated heterocycles. The molecule has 0 unspecified atom stereocenters. The predicted molar refractivity (Wildman–Crippen MR) is 93.4 cm³/mol. The van der Waals surface area contributed by atoms with E-state index in [1.165, 1.54) is 11.8 Å². The van der Waals surface area contributed by atoms with E-state index in [0.29, 0.717) is 16.9 Å². The van der Waals surface area contributed by atoms with Crippen LogP contribution in [0.1, 0.15) is 38.8 Å². The molecule has 1 atom stereocenters. The largest absolute Gasteiger partial charge is 0.497 e. The molecule has 9 heteroatoms.